The van der Waals surface area contributed by atoms with Gasteiger partial charge in [0.05, 0.1) is 24.2 Å². The normalized spacial score (nSPS) is 13.1. The summed E-state index contributed by atoms with van der Waals surface area (Å²) < 4.78 is 34.9. The number of nitrogens with one attached hydrogen (secondary N) is 1. The number of hydrogen-bond donors (Lipinski definition) is 1. The van der Waals surface area contributed by atoms with Gasteiger partial charge in [-0.15, -0.1) is 0 Å². The molecule has 0 bridgehead atoms. The molecular weight excluding hydrogens is 436 g/mol. The SMILES string of the molecule is CCCC=C(CCC)[C@@H](NS(=O)(=O)c1cccc2cccnc12)c1ccc(C(=O)OC)cc1. The number of ether oxygens (including phenoxy) is 1. The Morgan fingerprint density at radius 1 is 1.06 bits per heavy atom. The number of para-hydroxylation sites is 1. The van der Waals surface area contributed by atoms with E-state index in [0.717, 1.165) is 42.2 Å². The van der Waals surface area contributed by atoms with Crippen LogP contribution in [0.2, 0.25) is 0 Å². The third-order valence-electron chi connectivity index (χ3n) is 5.43. The third kappa shape index (κ3) is 5.86. The van der Waals surface area contributed by atoms with E-state index >= 15 is 0 Å². The predicted molar refractivity (Wildman–Crippen MR) is 130 cm³/mol. The molecule has 1 heterocycles. The van der Waals surface area contributed by atoms with Crippen LogP contribution >= 0.6 is 0 Å². The van der Waals surface area contributed by atoms with Crippen LogP contribution < -0.4 is 4.72 Å². The molecule has 0 aliphatic carbocycles. The van der Waals surface area contributed by atoms with E-state index in [4.69, 9.17) is 4.74 Å². The number of hydrogen-bond acceptors (Lipinski definition) is 5. The summed E-state index contributed by atoms with van der Waals surface area (Å²) in [5, 5.41) is 0.759. The second-order valence-corrected chi connectivity index (χ2v) is 9.50. The molecule has 1 aromatic heterocycles. The predicted octanol–water partition coefficient (Wildman–Crippen LogP) is 5.57. The average Bonchev–Trinajstić information content (AvgIpc) is 2.84. The third-order valence-corrected chi connectivity index (χ3v) is 6.88. The van der Waals surface area contributed by atoms with Crippen molar-refractivity contribution in [3.8, 4) is 0 Å². The van der Waals surface area contributed by atoms with Gasteiger partial charge in [0.25, 0.3) is 0 Å². The van der Waals surface area contributed by atoms with Crippen molar-refractivity contribution >= 4 is 26.9 Å². The van der Waals surface area contributed by atoms with Gasteiger partial charge < -0.3 is 4.74 Å². The Labute approximate surface area is 195 Å². The molecule has 0 aliphatic heterocycles. The van der Waals surface area contributed by atoms with Crippen molar-refractivity contribution in [2.75, 3.05) is 7.11 Å². The van der Waals surface area contributed by atoms with Gasteiger partial charge in [0, 0.05) is 11.6 Å². The fourth-order valence-electron chi connectivity index (χ4n) is 3.78. The van der Waals surface area contributed by atoms with Crippen LogP contribution in [0.25, 0.3) is 10.9 Å². The Bertz CT molecular complexity index is 1230. The minimum absolute atomic E-state index is 0.142. The van der Waals surface area contributed by atoms with Gasteiger partial charge in [0.15, 0.2) is 0 Å². The fraction of sp³-hybridized carbons (Fsp3) is 0.308. The summed E-state index contributed by atoms with van der Waals surface area (Å²) in [7, 11) is -2.57. The van der Waals surface area contributed by atoms with Crippen molar-refractivity contribution in [3.63, 3.8) is 0 Å². The zero-order chi connectivity index (χ0) is 23.8. The number of allylic oxidation sites excluding steroid dienone is 1. The van der Waals surface area contributed by atoms with E-state index in [-0.39, 0.29) is 4.90 Å². The number of carbonyl (C=O) groups excluding carboxylic acids is 1. The molecule has 0 aliphatic rings. The first-order valence-corrected chi connectivity index (χ1v) is 12.6. The molecule has 1 N–H and O–H groups in total. The van der Waals surface area contributed by atoms with E-state index in [9.17, 15) is 13.2 Å². The van der Waals surface area contributed by atoms with E-state index in [1.807, 2.05) is 12.1 Å². The van der Waals surface area contributed by atoms with Crippen molar-refractivity contribution in [3.05, 3.63) is 83.6 Å². The number of pyridine rings is 1. The van der Waals surface area contributed by atoms with E-state index < -0.39 is 22.0 Å². The molecule has 174 valence electrons. The van der Waals surface area contributed by atoms with Gasteiger partial charge in [-0.25, -0.2) is 13.2 Å². The Morgan fingerprint density at radius 3 is 2.45 bits per heavy atom. The first kappa shape index (κ1) is 24.6. The van der Waals surface area contributed by atoms with Gasteiger partial charge in [-0.3, -0.25) is 4.98 Å². The number of nitrogens with zero attached hydrogens (tertiary/aromatic N) is 1. The van der Waals surface area contributed by atoms with Crippen LogP contribution in [0.15, 0.2) is 77.3 Å². The van der Waals surface area contributed by atoms with Crippen LogP contribution in [0.5, 0.6) is 0 Å². The Kier molecular flexibility index (Phi) is 8.36. The molecule has 0 spiro atoms. The highest BCUT2D eigenvalue weighted by molar-refractivity contribution is 7.89. The highest BCUT2D eigenvalue weighted by atomic mass is 32.2. The van der Waals surface area contributed by atoms with Crippen LogP contribution in [0.3, 0.4) is 0 Å². The number of unbranched alkanes of at least 4 members (excludes halogenated alkanes) is 1. The molecule has 6 nitrogen and oxygen atoms in total. The second-order valence-electron chi connectivity index (χ2n) is 7.82. The lowest BCUT2D eigenvalue weighted by Gasteiger charge is -2.23. The molecule has 0 saturated heterocycles. The van der Waals surface area contributed by atoms with Crippen molar-refractivity contribution in [2.24, 2.45) is 0 Å². The molecule has 1 atom stereocenters. The fourth-order valence-corrected chi connectivity index (χ4v) is 5.19. The maximum absolute atomic E-state index is 13.6. The largest absolute Gasteiger partial charge is 0.465 e. The van der Waals surface area contributed by atoms with Crippen molar-refractivity contribution in [2.45, 2.75) is 50.5 Å². The molecule has 3 aromatic rings. The molecular formula is C26H30N2O4S. The number of aromatic nitrogens is 1. The quantitative estimate of drug-likeness (QED) is 0.312. The minimum atomic E-state index is -3.90. The van der Waals surface area contributed by atoms with Crippen LogP contribution in [-0.2, 0) is 14.8 Å². The Hall–Kier alpha value is -3.03. The first-order chi connectivity index (χ1) is 15.9. The zero-order valence-corrected chi connectivity index (χ0v) is 20.1. The van der Waals surface area contributed by atoms with Gasteiger partial charge in [-0.05, 0) is 42.7 Å². The molecule has 3 rings (SSSR count). The summed E-state index contributed by atoms with van der Waals surface area (Å²) in [5.41, 5.74) is 2.61. The van der Waals surface area contributed by atoms with E-state index in [2.05, 4.69) is 29.6 Å². The maximum Gasteiger partial charge on any atom is 0.337 e. The van der Waals surface area contributed by atoms with Crippen molar-refractivity contribution < 1.29 is 17.9 Å². The van der Waals surface area contributed by atoms with E-state index in [1.165, 1.54) is 7.11 Å². The minimum Gasteiger partial charge on any atom is -0.465 e. The molecule has 0 radical (unpaired) electrons. The molecule has 33 heavy (non-hydrogen) atoms. The smallest absolute Gasteiger partial charge is 0.337 e. The Balaban J connectivity index is 2.07. The van der Waals surface area contributed by atoms with Gasteiger partial charge in [0.2, 0.25) is 10.0 Å². The summed E-state index contributed by atoms with van der Waals surface area (Å²) in [6, 6.07) is 15.1. The lowest BCUT2D eigenvalue weighted by atomic mass is 9.94. The molecule has 0 unspecified atom stereocenters. The zero-order valence-electron chi connectivity index (χ0n) is 19.2. The van der Waals surface area contributed by atoms with E-state index in [0.29, 0.717) is 11.1 Å². The van der Waals surface area contributed by atoms with Crippen LogP contribution in [-0.4, -0.2) is 26.5 Å². The summed E-state index contributed by atoms with van der Waals surface area (Å²) in [4.78, 5) is 16.3. The van der Waals surface area contributed by atoms with Crippen molar-refractivity contribution in [1.29, 1.82) is 0 Å². The number of benzene rings is 2. The number of methoxy groups -OCH3 is 1. The van der Waals surface area contributed by atoms with Crippen LogP contribution in [0.1, 0.15) is 61.5 Å². The van der Waals surface area contributed by atoms with Crippen molar-refractivity contribution in [1.82, 2.24) is 9.71 Å². The average molecular weight is 467 g/mol. The van der Waals surface area contributed by atoms with Crippen LogP contribution in [0.4, 0.5) is 0 Å². The molecule has 0 fully saturated rings. The van der Waals surface area contributed by atoms with Gasteiger partial charge in [-0.2, -0.15) is 4.72 Å². The number of esters is 1. The van der Waals surface area contributed by atoms with Gasteiger partial charge >= 0.3 is 5.97 Å². The van der Waals surface area contributed by atoms with Crippen LogP contribution in [0, 0.1) is 0 Å². The summed E-state index contributed by atoms with van der Waals surface area (Å²) >= 11 is 0. The monoisotopic (exact) mass is 466 g/mol. The molecule has 7 heteroatoms. The lowest BCUT2D eigenvalue weighted by molar-refractivity contribution is 0.0600. The van der Waals surface area contributed by atoms with E-state index in [1.54, 1.807) is 48.7 Å². The topological polar surface area (TPSA) is 85.4 Å². The summed E-state index contributed by atoms with van der Waals surface area (Å²) in [6.07, 6.45) is 7.15. The molecule has 0 saturated carbocycles. The maximum atomic E-state index is 13.6. The number of fused-ring (bicyclic) bond motifs is 1. The standard InChI is InChI=1S/C26H30N2O4S/c1-4-6-10-19(9-5-2)24(21-14-16-22(17-15-21)26(29)32-3)28-33(30,31)23-13-7-11-20-12-8-18-27-25(20)23/h7-8,10-18,24,28H,4-6,9H2,1-3H3/t24-/m1/s1. The number of sulfonamides is 1. The van der Waals surface area contributed by atoms with Gasteiger partial charge in [-0.1, -0.05) is 68.7 Å². The summed E-state index contributed by atoms with van der Waals surface area (Å²) in [6.45, 7) is 4.16. The number of carbonyl (C=O) groups is 1. The lowest BCUT2D eigenvalue weighted by Crippen LogP contribution is -2.30. The summed E-state index contributed by atoms with van der Waals surface area (Å²) in [5.74, 6) is -0.434. The highest BCUT2D eigenvalue weighted by Gasteiger charge is 2.26. The molecule has 0 amide bonds. The van der Waals surface area contributed by atoms with Gasteiger partial charge in [0.1, 0.15) is 4.90 Å². The molecule has 2 aromatic carbocycles. The number of rotatable bonds is 10. The first-order valence-electron chi connectivity index (χ1n) is 11.1. The highest BCUT2D eigenvalue weighted by Crippen LogP contribution is 2.30. The second kappa shape index (κ2) is 11.2. The Morgan fingerprint density at radius 2 is 1.79 bits per heavy atom.